The van der Waals surface area contributed by atoms with E-state index >= 15 is 0 Å². The van der Waals surface area contributed by atoms with Crippen LogP contribution in [0.15, 0.2) is 60.7 Å². The van der Waals surface area contributed by atoms with Crippen LogP contribution >= 0.6 is 0 Å². The molecule has 3 rings (SSSR count). The van der Waals surface area contributed by atoms with E-state index in [0.717, 1.165) is 18.4 Å². The van der Waals surface area contributed by atoms with Crippen LogP contribution in [-0.2, 0) is 0 Å². The van der Waals surface area contributed by atoms with E-state index < -0.39 is 0 Å². The Kier molecular flexibility index (Phi) is 5.21. The average Bonchev–Trinajstić information content (AvgIpc) is 2.58. The van der Waals surface area contributed by atoms with Gasteiger partial charge in [0.05, 0.1) is 0 Å². The molecule has 2 aromatic carbocycles. The van der Waals surface area contributed by atoms with Gasteiger partial charge in [0, 0.05) is 5.56 Å². The Bertz CT molecular complexity index is 588. The van der Waals surface area contributed by atoms with Gasteiger partial charge in [0.15, 0.2) is 0 Å². The second-order valence-electron chi connectivity index (χ2n) is 4.43. The summed E-state index contributed by atoms with van der Waals surface area (Å²) in [6, 6.07) is 20.9. The van der Waals surface area contributed by atoms with Gasteiger partial charge in [0.1, 0.15) is 0 Å². The van der Waals surface area contributed by atoms with Gasteiger partial charge in [-0.15, -0.1) is 0 Å². The van der Waals surface area contributed by atoms with Crippen molar-refractivity contribution in [3.8, 4) is 11.1 Å². The first-order valence-electron chi connectivity index (χ1n) is 7.29. The number of hydrogen-bond donors (Lipinski definition) is 0. The maximum Gasteiger partial charge on any atom is 0.0327 e. The van der Waals surface area contributed by atoms with Crippen LogP contribution in [0.3, 0.4) is 0 Å². The molecular weight excluding hydrogens is 240 g/mol. The molecule has 2 aromatic rings. The molecule has 1 aliphatic rings. The first kappa shape index (κ1) is 14.2. The molecule has 0 heteroatoms. The van der Waals surface area contributed by atoms with Crippen molar-refractivity contribution in [2.24, 2.45) is 0 Å². The van der Waals surface area contributed by atoms with Crippen molar-refractivity contribution >= 4 is 5.57 Å². The maximum atomic E-state index is 3.19. The zero-order valence-corrected chi connectivity index (χ0v) is 12.2. The van der Waals surface area contributed by atoms with Crippen LogP contribution in [0.5, 0.6) is 0 Å². The van der Waals surface area contributed by atoms with Crippen LogP contribution in [0.25, 0.3) is 16.7 Å². The van der Waals surface area contributed by atoms with Gasteiger partial charge in [-0.25, -0.2) is 0 Å². The Morgan fingerprint density at radius 1 is 0.950 bits per heavy atom. The molecule has 0 N–H and O–H groups in total. The maximum absolute atomic E-state index is 3.19. The molecule has 20 heavy (non-hydrogen) atoms. The molecular formula is C20H20. The minimum atomic E-state index is 1.10. The highest BCUT2D eigenvalue weighted by Crippen LogP contribution is 2.24. The third kappa shape index (κ3) is 3.39. The normalized spacial score (nSPS) is 12.8. The summed E-state index contributed by atoms with van der Waals surface area (Å²) >= 11 is 0. The van der Waals surface area contributed by atoms with E-state index in [4.69, 9.17) is 0 Å². The first-order valence-corrected chi connectivity index (χ1v) is 7.29. The van der Waals surface area contributed by atoms with Gasteiger partial charge < -0.3 is 0 Å². The fourth-order valence-electron chi connectivity index (χ4n) is 2.19. The molecule has 1 aliphatic carbocycles. The van der Waals surface area contributed by atoms with Crippen LogP contribution in [0.1, 0.15) is 32.3 Å². The third-order valence-corrected chi connectivity index (χ3v) is 3.15. The van der Waals surface area contributed by atoms with Gasteiger partial charge in [0.25, 0.3) is 0 Å². The highest BCUT2D eigenvalue weighted by molar-refractivity contribution is 5.77. The van der Waals surface area contributed by atoms with Crippen LogP contribution in [-0.4, -0.2) is 0 Å². The van der Waals surface area contributed by atoms with Crippen LogP contribution in [0.4, 0.5) is 0 Å². The molecule has 0 aliphatic heterocycles. The average molecular weight is 260 g/mol. The molecule has 0 nitrogen and oxygen atoms in total. The summed E-state index contributed by atoms with van der Waals surface area (Å²) in [6.45, 7) is 4.00. The van der Waals surface area contributed by atoms with E-state index in [1.54, 1.807) is 0 Å². The van der Waals surface area contributed by atoms with Crippen molar-refractivity contribution in [1.82, 2.24) is 0 Å². The highest BCUT2D eigenvalue weighted by Gasteiger charge is 2.03. The standard InChI is InChI=1S/C18H14.C2H6/c1-3-8-15(9-4-1)17-12-7-13-18(14-17)16-10-5-2-6-11-16;1-2/h1,3-5,8-11,13-14H,2,6H2;1-2H3. The molecule has 0 fully saturated rings. The van der Waals surface area contributed by atoms with Crippen LogP contribution < -0.4 is 0 Å². The van der Waals surface area contributed by atoms with Crippen molar-refractivity contribution in [2.75, 3.05) is 0 Å². The Morgan fingerprint density at radius 2 is 1.75 bits per heavy atom. The molecule has 0 heterocycles. The largest absolute Gasteiger partial charge is 0.0836 e. The molecule has 0 saturated heterocycles. The topological polar surface area (TPSA) is 0 Å². The number of allylic oxidation sites excluding steroid dienone is 4. The summed E-state index contributed by atoms with van der Waals surface area (Å²) in [5.74, 6) is 0. The molecule has 0 amide bonds. The molecule has 0 radical (unpaired) electrons. The lowest BCUT2D eigenvalue weighted by molar-refractivity contribution is 1.04. The van der Waals surface area contributed by atoms with E-state index in [1.165, 1.54) is 16.7 Å². The van der Waals surface area contributed by atoms with Gasteiger partial charge in [-0.05, 0) is 41.7 Å². The van der Waals surface area contributed by atoms with Gasteiger partial charge in [-0.1, -0.05) is 74.5 Å². The summed E-state index contributed by atoms with van der Waals surface area (Å²) in [7, 11) is 0. The lowest BCUT2D eigenvalue weighted by Gasteiger charge is -2.07. The summed E-state index contributed by atoms with van der Waals surface area (Å²) in [5.41, 5.74) is 4.82. The fourth-order valence-corrected chi connectivity index (χ4v) is 2.19. The van der Waals surface area contributed by atoms with E-state index in [1.807, 2.05) is 26.0 Å². The van der Waals surface area contributed by atoms with Crippen LogP contribution in [0, 0.1) is 12.1 Å². The molecule has 100 valence electrons. The zero-order valence-electron chi connectivity index (χ0n) is 12.2. The number of benzene rings is 1. The highest BCUT2D eigenvalue weighted by atomic mass is 14.1. The number of hydrogen-bond acceptors (Lipinski definition) is 0. The smallest absolute Gasteiger partial charge is 0.0327 e. The molecule has 0 atom stereocenters. The van der Waals surface area contributed by atoms with Crippen molar-refractivity contribution in [2.45, 2.75) is 26.7 Å². The summed E-state index contributed by atoms with van der Waals surface area (Å²) in [6.07, 6.45) is 9.00. The quantitative estimate of drug-likeness (QED) is 0.648. The predicted molar refractivity (Wildman–Crippen MR) is 87.2 cm³/mol. The van der Waals surface area contributed by atoms with Gasteiger partial charge in [-0.3, -0.25) is 0 Å². The predicted octanol–water partition coefficient (Wildman–Crippen LogP) is 5.71. The molecule has 0 spiro atoms. The lowest BCUT2D eigenvalue weighted by Crippen LogP contribution is -1.86. The molecule has 0 unspecified atom stereocenters. The van der Waals surface area contributed by atoms with Gasteiger partial charge in [0.2, 0.25) is 0 Å². The second kappa shape index (κ2) is 7.36. The van der Waals surface area contributed by atoms with E-state index in [2.05, 4.69) is 60.7 Å². The summed E-state index contributed by atoms with van der Waals surface area (Å²) < 4.78 is 0. The Morgan fingerprint density at radius 3 is 2.45 bits per heavy atom. The molecule has 0 bridgehead atoms. The van der Waals surface area contributed by atoms with E-state index in [0.29, 0.717) is 0 Å². The lowest BCUT2D eigenvalue weighted by atomic mass is 9.97. The van der Waals surface area contributed by atoms with Crippen molar-refractivity contribution in [3.63, 3.8) is 0 Å². The van der Waals surface area contributed by atoms with Gasteiger partial charge >= 0.3 is 0 Å². The zero-order chi connectivity index (χ0) is 14.2. The monoisotopic (exact) mass is 260 g/mol. The molecule has 0 aromatic heterocycles. The van der Waals surface area contributed by atoms with E-state index in [9.17, 15) is 0 Å². The van der Waals surface area contributed by atoms with Crippen molar-refractivity contribution in [3.05, 3.63) is 78.4 Å². The third-order valence-electron chi connectivity index (χ3n) is 3.15. The first-order chi connectivity index (χ1) is 9.93. The second-order valence-corrected chi connectivity index (χ2v) is 4.43. The fraction of sp³-hybridized carbons (Fsp3) is 0.200. The van der Waals surface area contributed by atoms with E-state index in [-0.39, 0.29) is 0 Å². The SMILES string of the molecule is CC.c1cc(C2=CCCC=C2)cc(-c2ccccc2)c#1. The Balaban J connectivity index is 0.000000704. The Hall–Kier alpha value is -2.26. The number of rotatable bonds is 2. The van der Waals surface area contributed by atoms with Gasteiger partial charge in [-0.2, -0.15) is 0 Å². The minimum Gasteiger partial charge on any atom is -0.0836 e. The molecule has 0 saturated carbocycles. The van der Waals surface area contributed by atoms with Crippen LogP contribution in [0.2, 0.25) is 0 Å². The minimum absolute atomic E-state index is 1.10. The summed E-state index contributed by atoms with van der Waals surface area (Å²) in [4.78, 5) is 0. The van der Waals surface area contributed by atoms with Crippen molar-refractivity contribution in [1.29, 1.82) is 0 Å². The van der Waals surface area contributed by atoms with Crippen molar-refractivity contribution < 1.29 is 0 Å². The summed E-state index contributed by atoms with van der Waals surface area (Å²) in [5, 5.41) is 0. The Labute approximate surface area is 122 Å².